The van der Waals surface area contributed by atoms with E-state index in [1.165, 1.54) is 16.7 Å². The van der Waals surface area contributed by atoms with Gasteiger partial charge in [0.1, 0.15) is 15.8 Å². The van der Waals surface area contributed by atoms with Crippen molar-refractivity contribution in [1.82, 2.24) is 4.90 Å². The minimum atomic E-state index is -0.220. The van der Waals surface area contributed by atoms with Gasteiger partial charge in [-0.1, -0.05) is 36.1 Å². The number of anilines is 1. The second kappa shape index (κ2) is 9.58. The van der Waals surface area contributed by atoms with E-state index in [1.807, 2.05) is 6.92 Å². The van der Waals surface area contributed by atoms with Gasteiger partial charge < -0.3 is 15.2 Å². The van der Waals surface area contributed by atoms with E-state index in [2.05, 4.69) is 5.32 Å². The highest BCUT2D eigenvalue weighted by atomic mass is 32.2. The molecule has 1 fully saturated rings. The molecule has 1 heterocycles. The maximum atomic E-state index is 12.6. The number of thioether (sulfide) groups is 1. The van der Waals surface area contributed by atoms with Crippen molar-refractivity contribution < 1.29 is 19.4 Å². The predicted octanol–water partition coefficient (Wildman–Crippen LogP) is 4.02. The van der Waals surface area contributed by atoms with Crippen LogP contribution in [0.15, 0.2) is 53.4 Å². The van der Waals surface area contributed by atoms with Crippen LogP contribution < -0.4 is 10.1 Å². The van der Waals surface area contributed by atoms with E-state index in [0.717, 1.165) is 11.3 Å². The molecule has 0 radical (unpaired) electrons. The lowest BCUT2D eigenvalue weighted by Crippen LogP contribution is -2.31. The second-order valence-corrected chi connectivity index (χ2v) is 7.86. The summed E-state index contributed by atoms with van der Waals surface area (Å²) in [6.45, 7) is 2.69. The van der Waals surface area contributed by atoms with Crippen LogP contribution in [0.2, 0.25) is 0 Å². The normalized spacial score (nSPS) is 15.1. The summed E-state index contributed by atoms with van der Waals surface area (Å²) in [6, 6.07) is 13.6. The maximum absolute atomic E-state index is 12.6. The van der Waals surface area contributed by atoms with E-state index in [1.54, 1.807) is 54.6 Å². The molecule has 2 aromatic carbocycles. The smallest absolute Gasteiger partial charge is 0.266 e. The summed E-state index contributed by atoms with van der Waals surface area (Å²) in [6.07, 6.45) is 1.85. The number of hydrogen-bond acceptors (Lipinski definition) is 6. The third-order valence-corrected chi connectivity index (χ3v) is 5.45. The predicted molar refractivity (Wildman–Crippen MR) is 119 cm³/mol. The van der Waals surface area contributed by atoms with Crippen molar-refractivity contribution in [1.29, 1.82) is 0 Å². The van der Waals surface area contributed by atoms with Crippen molar-refractivity contribution in [2.24, 2.45) is 0 Å². The van der Waals surface area contributed by atoms with Crippen molar-refractivity contribution in [3.8, 4) is 11.5 Å². The highest BCUT2D eigenvalue weighted by molar-refractivity contribution is 8.26. The number of rotatable bonds is 7. The molecule has 0 saturated carbocycles. The average Bonchev–Trinajstić information content (AvgIpc) is 2.96. The Bertz CT molecular complexity index is 940. The molecule has 0 aromatic heterocycles. The first kappa shape index (κ1) is 20.9. The highest BCUT2D eigenvalue weighted by Gasteiger charge is 2.32. The molecule has 150 valence electrons. The number of carbonyl (C=O) groups excluding carboxylic acids is 2. The summed E-state index contributed by atoms with van der Waals surface area (Å²) in [5, 5.41) is 12.2. The molecule has 0 spiro atoms. The third-order valence-electron chi connectivity index (χ3n) is 4.08. The topological polar surface area (TPSA) is 78.9 Å². The Morgan fingerprint density at radius 2 is 1.90 bits per heavy atom. The molecular formula is C21H20N2O4S2. The van der Waals surface area contributed by atoms with Crippen molar-refractivity contribution in [2.75, 3.05) is 18.5 Å². The Morgan fingerprint density at radius 1 is 1.21 bits per heavy atom. The first-order valence-corrected chi connectivity index (χ1v) is 10.3. The lowest BCUT2D eigenvalue weighted by molar-refractivity contribution is -0.122. The van der Waals surface area contributed by atoms with E-state index < -0.39 is 0 Å². The summed E-state index contributed by atoms with van der Waals surface area (Å²) in [4.78, 5) is 26.8. The van der Waals surface area contributed by atoms with Crippen LogP contribution >= 0.6 is 24.0 Å². The molecular weight excluding hydrogens is 408 g/mol. The van der Waals surface area contributed by atoms with E-state index in [0.29, 0.717) is 21.5 Å². The van der Waals surface area contributed by atoms with Crippen LogP contribution in [0, 0.1) is 0 Å². The van der Waals surface area contributed by atoms with E-state index in [-0.39, 0.29) is 30.5 Å². The summed E-state index contributed by atoms with van der Waals surface area (Å²) >= 11 is 6.50. The monoisotopic (exact) mass is 428 g/mol. The molecule has 1 saturated heterocycles. The Labute approximate surface area is 178 Å². The fraction of sp³-hybridized carbons (Fsp3) is 0.190. The zero-order valence-corrected chi connectivity index (χ0v) is 17.4. The molecule has 2 amide bonds. The number of benzene rings is 2. The number of ether oxygens (including phenoxy) is 1. The van der Waals surface area contributed by atoms with E-state index >= 15 is 0 Å². The number of carbonyl (C=O) groups is 2. The van der Waals surface area contributed by atoms with Crippen LogP contribution in [0.4, 0.5) is 5.69 Å². The summed E-state index contributed by atoms with van der Waals surface area (Å²) in [7, 11) is 0. The number of nitrogens with zero attached hydrogens (tertiary/aromatic N) is 1. The SMILES string of the molecule is CCOc1ccc(NC(=O)CCN2C(=O)/C(=C/c3ccc(O)cc3)SC2=S)cc1. The van der Waals surface area contributed by atoms with Gasteiger partial charge in [-0.15, -0.1) is 0 Å². The van der Waals surface area contributed by atoms with Gasteiger partial charge in [0.05, 0.1) is 11.5 Å². The Hall–Kier alpha value is -2.84. The summed E-state index contributed by atoms with van der Waals surface area (Å²) in [5.74, 6) is 0.476. The van der Waals surface area contributed by atoms with Gasteiger partial charge in [-0.2, -0.15) is 0 Å². The van der Waals surface area contributed by atoms with Gasteiger partial charge in [-0.05, 0) is 55.0 Å². The Balaban J connectivity index is 1.55. The molecule has 2 N–H and O–H groups in total. The number of phenols is 1. The standard InChI is InChI=1S/C21H20N2O4S2/c1-2-27-17-9-5-15(6-10-17)22-19(25)11-12-23-20(26)18(29-21(23)28)13-14-3-7-16(24)8-4-14/h3-10,13,24H,2,11-12H2,1H3,(H,22,25)/b18-13-. The third kappa shape index (κ3) is 5.58. The van der Waals surface area contributed by atoms with E-state index in [9.17, 15) is 14.7 Å². The zero-order chi connectivity index (χ0) is 20.8. The molecule has 0 unspecified atom stereocenters. The van der Waals surface area contributed by atoms with Gasteiger partial charge in [0, 0.05) is 18.7 Å². The van der Waals surface area contributed by atoms with Crippen LogP contribution in [0.25, 0.3) is 6.08 Å². The molecule has 1 aliphatic heterocycles. The molecule has 6 nitrogen and oxygen atoms in total. The Kier molecular flexibility index (Phi) is 6.90. The largest absolute Gasteiger partial charge is 0.508 e. The summed E-state index contributed by atoms with van der Waals surface area (Å²) < 4.78 is 5.80. The molecule has 0 atom stereocenters. The number of amides is 2. The number of phenolic OH excluding ortho intramolecular Hbond substituents is 1. The molecule has 3 rings (SSSR count). The van der Waals surface area contributed by atoms with Crippen molar-refractivity contribution in [3.63, 3.8) is 0 Å². The van der Waals surface area contributed by atoms with Crippen molar-refractivity contribution >= 4 is 51.9 Å². The average molecular weight is 429 g/mol. The molecule has 29 heavy (non-hydrogen) atoms. The van der Waals surface area contributed by atoms with Gasteiger partial charge in [0.2, 0.25) is 5.91 Å². The minimum absolute atomic E-state index is 0.131. The number of nitrogens with one attached hydrogen (secondary N) is 1. The van der Waals surface area contributed by atoms with Gasteiger partial charge in [-0.25, -0.2) is 0 Å². The second-order valence-electron chi connectivity index (χ2n) is 6.18. The van der Waals surface area contributed by atoms with Crippen LogP contribution in [0.3, 0.4) is 0 Å². The number of hydrogen-bond donors (Lipinski definition) is 2. The molecule has 0 aliphatic carbocycles. The van der Waals surface area contributed by atoms with Crippen LogP contribution in [0.1, 0.15) is 18.9 Å². The fourth-order valence-electron chi connectivity index (χ4n) is 2.65. The maximum Gasteiger partial charge on any atom is 0.266 e. The quantitative estimate of drug-likeness (QED) is 0.512. The van der Waals surface area contributed by atoms with E-state index in [4.69, 9.17) is 17.0 Å². The van der Waals surface area contributed by atoms with Crippen molar-refractivity contribution in [2.45, 2.75) is 13.3 Å². The molecule has 1 aliphatic rings. The summed E-state index contributed by atoms with van der Waals surface area (Å²) in [5.41, 5.74) is 1.45. The van der Waals surface area contributed by atoms with Gasteiger partial charge in [0.15, 0.2) is 0 Å². The lowest BCUT2D eigenvalue weighted by Gasteiger charge is -2.14. The zero-order valence-electron chi connectivity index (χ0n) is 15.8. The number of aromatic hydroxyl groups is 1. The fourth-order valence-corrected chi connectivity index (χ4v) is 3.96. The number of thiocarbonyl (C=S) groups is 1. The van der Waals surface area contributed by atoms with Crippen LogP contribution in [-0.2, 0) is 9.59 Å². The lowest BCUT2D eigenvalue weighted by atomic mass is 10.2. The van der Waals surface area contributed by atoms with Gasteiger partial charge in [0.25, 0.3) is 5.91 Å². The van der Waals surface area contributed by atoms with Crippen LogP contribution in [-0.4, -0.2) is 39.3 Å². The van der Waals surface area contributed by atoms with Gasteiger partial charge in [-0.3, -0.25) is 14.5 Å². The van der Waals surface area contributed by atoms with Crippen molar-refractivity contribution in [3.05, 3.63) is 59.0 Å². The molecule has 0 bridgehead atoms. The highest BCUT2D eigenvalue weighted by Crippen LogP contribution is 2.32. The Morgan fingerprint density at radius 3 is 2.55 bits per heavy atom. The van der Waals surface area contributed by atoms with Gasteiger partial charge >= 0.3 is 0 Å². The minimum Gasteiger partial charge on any atom is -0.508 e. The molecule has 2 aromatic rings. The van der Waals surface area contributed by atoms with Crippen LogP contribution in [0.5, 0.6) is 11.5 Å². The first-order chi connectivity index (χ1) is 14.0. The molecule has 8 heteroatoms. The first-order valence-electron chi connectivity index (χ1n) is 9.03.